The highest BCUT2D eigenvalue weighted by molar-refractivity contribution is 7.80. The summed E-state index contributed by atoms with van der Waals surface area (Å²) in [4.78, 5) is 11.9. The maximum absolute atomic E-state index is 11.9. The van der Waals surface area contributed by atoms with Crippen LogP contribution in [0.3, 0.4) is 0 Å². The summed E-state index contributed by atoms with van der Waals surface area (Å²) >= 11 is 5.29. The molecule has 1 fully saturated rings. The Morgan fingerprint density at radius 2 is 1.85 bits per heavy atom. The third kappa shape index (κ3) is 7.25. The van der Waals surface area contributed by atoms with Gasteiger partial charge in [-0.25, -0.2) is 0 Å². The average molecular weight is 394 g/mol. The van der Waals surface area contributed by atoms with E-state index in [0.717, 1.165) is 17.9 Å². The Kier molecular flexibility index (Phi) is 8.64. The Bertz CT molecular complexity index is 609. The van der Waals surface area contributed by atoms with Gasteiger partial charge in [0.05, 0.1) is 13.7 Å². The summed E-state index contributed by atoms with van der Waals surface area (Å²) in [6.07, 6.45) is 4.59. The predicted molar refractivity (Wildman–Crippen MR) is 111 cm³/mol. The van der Waals surface area contributed by atoms with Crippen molar-refractivity contribution < 1.29 is 14.3 Å². The molecule has 0 bridgehead atoms. The van der Waals surface area contributed by atoms with Gasteiger partial charge in [-0.1, -0.05) is 26.7 Å². The molecule has 0 aliphatic heterocycles. The van der Waals surface area contributed by atoms with Gasteiger partial charge in [-0.3, -0.25) is 15.6 Å². The smallest absolute Gasteiger partial charge is 0.238 e. The van der Waals surface area contributed by atoms with Crippen molar-refractivity contribution >= 4 is 23.2 Å². The third-order valence-corrected chi connectivity index (χ3v) is 5.44. The van der Waals surface area contributed by atoms with Gasteiger partial charge in [-0.15, -0.1) is 0 Å². The molecule has 0 aromatic heterocycles. The van der Waals surface area contributed by atoms with Crippen LogP contribution in [-0.2, 0) is 4.79 Å². The van der Waals surface area contributed by atoms with E-state index in [1.54, 1.807) is 7.11 Å². The minimum atomic E-state index is -0.109. The molecule has 150 valence electrons. The molecule has 7 heteroatoms. The highest BCUT2D eigenvalue weighted by Crippen LogP contribution is 2.29. The van der Waals surface area contributed by atoms with Crippen LogP contribution in [0.4, 0.5) is 0 Å². The van der Waals surface area contributed by atoms with Crippen LogP contribution in [0.1, 0.15) is 46.0 Å². The van der Waals surface area contributed by atoms with Crippen molar-refractivity contribution in [2.75, 3.05) is 13.7 Å². The van der Waals surface area contributed by atoms with Crippen LogP contribution in [0.25, 0.3) is 0 Å². The summed E-state index contributed by atoms with van der Waals surface area (Å²) in [7, 11) is 1.62. The number of amides is 1. The number of ether oxygens (including phenoxy) is 2. The second-order valence-electron chi connectivity index (χ2n) is 7.15. The fraction of sp³-hybridized carbons (Fsp3) is 0.600. The largest absolute Gasteiger partial charge is 0.497 e. The fourth-order valence-corrected chi connectivity index (χ4v) is 3.48. The van der Waals surface area contributed by atoms with Crippen LogP contribution in [0.5, 0.6) is 11.5 Å². The van der Waals surface area contributed by atoms with Crippen molar-refractivity contribution in [3.8, 4) is 11.5 Å². The first kappa shape index (κ1) is 21.3. The van der Waals surface area contributed by atoms with Crippen molar-refractivity contribution in [1.29, 1.82) is 0 Å². The van der Waals surface area contributed by atoms with Gasteiger partial charge in [0, 0.05) is 12.5 Å². The monoisotopic (exact) mass is 393 g/mol. The molecule has 2 rings (SSSR count). The molecule has 1 saturated carbocycles. The van der Waals surface area contributed by atoms with E-state index in [4.69, 9.17) is 21.7 Å². The van der Waals surface area contributed by atoms with Gasteiger partial charge < -0.3 is 14.8 Å². The SMILES string of the molecule is COc1ccc(OCCCC(=O)NNC(=S)N[C@H]2CCC[C@H](C)[C@H]2C)cc1. The lowest BCUT2D eigenvalue weighted by molar-refractivity contribution is -0.121. The second-order valence-corrected chi connectivity index (χ2v) is 7.56. The van der Waals surface area contributed by atoms with E-state index < -0.39 is 0 Å². The van der Waals surface area contributed by atoms with Gasteiger partial charge >= 0.3 is 0 Å². The fourth-order valence-electron chi connectivity index (χ4n) is 3.27. The number of nitrogens with one attached hydrogen (secondary N) is 3. The van der Waals surface area contributed by atoms with Crippen LogP contribution < -0.4 is 25.6 Å². The summed E-state index contributed by atoms with van der Waals surface area (Å²) in [5, 5.41) is 3.80. The van der Waals surface area contributed by atoms with Gasteiger partial charge in [0.15, 0.2) is 5.11 Å². The Hall–Kier alpha value is -2.02. The van der Waals surface area contributed by atoms with Crippen LogP contribution in [-0.4, -0.2) is 30.8 Å². The Balaban J connectivity index is 1.57. The minimum Gasteiger partial charge on any atom is -0.497 e. The van der Waals surface area contributed by atoms with Gasteiger partial charge in [-0.2, -0.15) is 0 Å². The lowest BCUT2D eigenvalue weighted by Gasteiger charge is -2.35. The maximum Gasteiger partial charge on any atom is 0.238 e. The van der Waals surface area contributed by atoms with E-state index in [-0.39, 0.29) is 5.91 Å². The van der Waals surface area contributed by atoms with Gasteiger partial charge in [0.25, 0.3) is 0 Å². The van der Waals surface area contributed by atoms with Crippen molar-refractivity contribution in [1.82, 2.24) is 16.2 Å². The molecule has 3 atom stereocenters. The molecule has 3 N–H and O–H groups in total. The number of thiocarbonyl (C=S) groups is 1. The van der Waals surface area contributed by atoms with Crippen LogP contribution in [0.15, 0.2) is 24.3 Å². The molecular weight excluding hydrogens is 362 g/mol. The zero-order chi connectivity index (χ0) is 19.6. The van der Waals surface area contributed by atoms with E-state index in [9.17, 15) is 4.79 Å². The number of hydrogen-bond donors (Lipinski definition) is 3. The lowest BCUT2D eigenvalue weighted by Crippen LogP contribution is -2.52. The van der Waals surface area contributed by atoms with Gasteiger partial charge in [-0.05, 0) is 61.2 Å². The molecule has 0 radical (unpaired) electrons. The van der Waals surface area contributed by atoms with Crippen LogP contribution in [0, 0.1) is 11.8 Å². The standard InChI is InChI=1S/C20H31N3O3S/c1-14-6-4-7-18(15(14)2)21-20(27)23-22-19(24)8-5-13-26-17-11-9-16(25-3)10-12-17/h9-12,14-15,18H,4-8,13H2,1-3H3,(H,22,24)(H2,21,23,27)/t14-,15+,18-/m0/s1. The Morgan fingerprint density at radius 1 is 1.15 bits per heavy atom. The number of hydrogen-bond acceptors (Lipinski definition) is 4. The summed E-state index contributed by atoms with van der Waals surface area (Å²) in [6, 6.07) is 7.74. The molecule has 1 amide bonds. The summed E-state index contributed by atoms with van der Waals surface area (Å²) in [6.45, 7) is 5.01. The second kappa shape index (κ2) is 11.0. The first-order valence-corrected chi connectivity index (χ1v) is 10.0. The molecule has 1 aliphatic carbocycles. The van der Waals surface area contributed by atoms with Crippen molar-refractivity contribution in [3.63, 3.8) is 0 Å². The van der Waals surface area contributed by atoms with E-state index in [0.29, 0.717) is 42.4 Å². The zero-order valence-electron chi connectivity index (χ0n) is 16.4. The molecule has 1 aromatic rings. The number of methoxy groups -OCH3 is 1. The highest BCUT2D eigenvalue weighted by atomic mass is 32.1. The average Bonchev–Trinajstić information content (AvgIpc) is 2.67. The van der Waals surface area contributed by atoms with E-state index in [1.807, 2.05) is 24.3 Å². The predicted octanol–water partition coefficient (Wildman–Crippen LogP) is 3.17. The van der Waals surface area contributed by atoms with Gasteiger partial charge in [0.2, 0.25) is 5.91 Å². The Labute approximate surface area is 167 Å². The molecule has 1 aromatic carbocycles. The Morgan fingerprint density at radius 3 is 2.56 bits per heavy atom. The molecule has 27 heavy (non-hydrogen) atoms. The molecule has 6 nitrogen and oxygen atoms in total. The van der Waals surface area contributed by atoms with Crippen molar-refractivity contribution in [2.45, 2.75) is 52.0 Å². The molecule has 0 heterocycles. The maximum atomic E-state index is 11.9. The van der Waals surface area contributed by atoms with Gasteiger partial charge in [0.1, 0.15) is 11.5 Å². The topological polar surface area (TPSA) is 71.6 Å². The highest BCUT2D eigenvalue weighted by Gasteiger charge is 2.27. The van der Waals surface area contributed by atoms with Crippen molar-refractivity contribution in [3.05, 3.63) is 24.3 Å². The molecule has 0 spiro atoms. The first-order chi connectivity index (χ1) is 13.0. The summed E-state index contributed by atoms with van der Waals surface area (Å²) < 4.78 is 10.7. The first-order valence-electron chi connectivity index (χ1n) is 9.61. The molecule has 0 saturated heterocycles. The van der Waals surface area contributed by atoms with Crippen molar-refractivity contribution in [2.24, 2.45) is 11.8 Å². The van der Waals surface area contributed by atoms with E-state index in [2.05, 4.69) is 30.0 Å². The summed E-state index contributed by atoms with van der Waals surface area (Å²) in [5.41, 5.74) is 5.45. The molecule has 1 aliphatic rings. The van der Waals surface area contributed by atoms with Crippen LogP contribution >= 0.6 is 12.2 Å². The van der Waals surface area contributed by atoms with E-state index in [1.165, 1.54) is 12.8 Å². The lowest BCUT2D eigenvalue weighted by atomic mass is 9.78. The van der Waals surface area contributed by atoms with Crippen LogP contribution in [0.2, 0.25) is 0 Å². The summed E-state index contributed by atoms with van der Waals surface area (Å²) in [5.74, 6) is 2.70. The minimum absolute atomic E-state index is 0.109. The zero-order valence-corrected chi connectivity index (χ0v) is 17.2. The number of rotatable bonds is 7. The number of carbonyl (C=O) groups is 1. The molecular formula is C20H31N3O3S. The third-order valence-electron chi connectivity index (χ3n) is 5.22. The van der Waals surface area contributed by atoms with E-state index >= 15 is 0 Å². The normalized spacial score (nSPS) is 21.8. The number of carbonyl (C=O) groups excluding carboxylic acids is 1. The number of hydrazine groups is 1. The molecule has 0 unspecified atom stereocenters. The number of benzene rings is 1. The quantitative estimate of drug-likeness (QED) is 0.375.